The van der Waals surface area contributed by atoms with E-state index < -0.39 is 11.6 Å². The molecule has 0 unspecified atom stereocenters. The molecule has 7 heteroatoms. The number of carbonyl (C=O) groups excluding carboxylic acids is 1. The fraction of sp³-hybridized carbons (Fsp3) is 0.167. The molecule has 0 fully saturated rings. The van der Waals surface area contributed by atoms with Gasteiger partial charge >= 0.3 is 0 Å². The van der Waals surface area contributed by atoms with Gasteiger partial charge in [-0.3, -0.25) is 4.79 Å². The number of aromatic nitrogens is 3. The molecule has 128 valence electrons. The van der Waals surface area contributed by atoms with Gasteiger partial charge in [0.15, 0.2) is 5.82 Å². The molecule has 1 aromatic carbocycles. The molecule has 2 heterocycles. The van der Waals surface area contributed by atoms with Crippen LogP contribution in [0.5, 0.6) is 0 Å². The van der Waals surface area contributed by atoms with Crippen LogP contribution < -0.4 is 5.32 Å². The largest absolute Gasteiger partial charge is 0.306 e. The zero-order valence-corrected chi connectivity index (χ0v) is 14.0. The normalized spacial score (nSPS) is 10.8. The first-order valence-corrected chi connectivity index (χ1v) is 7.63. The van der Waals surface area contributed by atoms with E-state index in [4.69, 9.17) is 0 Å². The second-order valence-corrected chi connectivity index (χ2v) is 5.67. The molecule has 25 heavy (non-hydrogen) atoms. The lowest BCUT2D eigenvalue weighted by atomic mass is 10.2. The van der Waals surface area contributed by atoms with Gasteiger partial charge in [0.05, 0.1) is 17.0 Å². The van der Waals surface area contributed by atoms with Crippen LogP contribution in [-0.4, -0.2) is 20.7 Å². The lowest BCUT2D eigenvalue weighted by Gasteiger charge is -2.07. The molecule has 3 aromatic rings. The minimum absolute atomic E-state index is 0.0785. The van der Waals surface area contributed by atoms with Crippen LogP contribution in [0.15, 0.2) is 36.4 Å². The highest BCUT2D eigenvalue weighted by atomic mass is 19.1. The molecule has 0 bridgehead atoms. The van der Waals surface area contributed by atoms with Crippen LogP contribution in [0.1, 0.15) is 27.4 Å². The fourth-order valence-corrected chi connectivity index (χ4v) is 2.65. The third-order valence-corrected chi connectivity index (χ3v) is 3.79. The summed E-state index contributed by atoms with van der Waals surface area (Å²) in [5.41, 5.74) is 2.07. The number of nitrogens with one attached hydrogen (secondary N) is 1. The van der Waals surface area contributed by atoms with Crippen molar-refractivity contribution in [3.05, 3.63) is 70.7 Å². The Hall–Kier alpha value is -3.09. The second-order valence-electron chi connectivity index (χ2n) is 5.67. The van der Waals surface area contributed by atoms with Crippen molar-refractivity contribution in [1.82, 2.24) is 14.8 Å². The predicted molar refractivity (Wildman–Crippen MR) is 89.9 cm³/mol. The van der Waals surface area contributed by atoms with Gasteiger partial charge in [-0.05, 0) is 45.0 Å². The topological polar surface area (TPSA) is 59.8 Å². The number of halogens is 2. The van der Waals surface area contributed by atoms with Crippen molar-refractivity contribution >= 4 is 11.7 Å². The fourth-order valence-electron chi connectivity index (χ4n) is 2.65. The third-order valence-electron chi connectivity index (χ3n) is 3.79. The summed E-state index contributed by atoms with van der Waals surface area (Å²) in [6.45, 7) is 5.13. The molecule has 2 aromatic heterocycles. The van der Waals surface area contributed by atoms with E-state index in [0.717, 1.165) is 17.8 Å². The van der Waals surface area contributed by atoms with Crippen molar-refractivity contribution in [3.63, 3.8) is 0 Å². The number of rotatable bonds is 3. The van der Waals surface area contributed by atoms with Gasteiger partial charge in [0.2, 0.25) is 0 Å². The van der Waals surface area contributed by atoms with Crippen LogP contribution in [0.2, 0.25) is 0 Å². The molecule has 3 rings (SSSR count). The number of nitrogens with zero attached hydrogens (tertiary/aromatic N) is 3. The highest BCUT2D eigenvalue weighted by molar-refractivity contribution is 6.05. The van der Waals surface area contributed by atoms with E-state index in [9.17, 15) is 13.6 Å². The van der Waals surface area contributed by atoms with E-state index in [-0.39, 0.29) is 11.6 Å². The monoisotopic (exact) mass is 342 g/mol. The van der Waals surface area contributed by atoms with E-state index in [0.29, 0.717) is 22.8 Å². The maximum Gasteiger partial charge on any atom is 0.260 e. The van der Waals surface area contributed by atoms with Crippen LogP contribution in [0.4, 0.5) is 14.6 Å². The molecule has 0 saturated heterocycles. The van der Waals surface area contributed by atoms with Gasteiger partial charge in [0.1, 0.15) is 17.3 Å². The first kappa shape index (κ1) is 16.8. The Morgan fingerprint density at radius 2 is 1.88 bits per heavy atom. The number of hydrogen-bond donors (Lipinski definition) is 1. The maximum atomic E-state index is 14.0. The van der Waals surface area contributed by atoms with Crippen LogP contribution in [0.3, 0.4) is 0 Å². The minimum Gasteiger partial charge on any atom is -0.306 e. The summed E-state index contributed by atoms with van der Waals surface area (Å²) in [5, 5.41) is 6.94. The molecular formula is C18H16F2N4O. The van der Waals surface area contributed by atoms with Crippen molar-refractivity contribution in [3.8, 4) is 5.69 Å². The molecule has 1 amide bonds. The summed E-state index contributed by atoms with van der Waals surface area (Å²) in [7, 11) is 0. The summed E-state index contributed by atoms with van der Waals surface area (Å²) in [6.07, 6.45) is 0. The Morgan fingerprint density at radius 1 is 1.12 bits per heavy atom. The van der Waals surface area contributed by atoms with E-state index in [1.54, 1.807) is 26.0 Å². The highest BCUT2D eigenvalue weighted by Gasteiger charge is 2.21. The zero-order valence-electron chi connectivity index (χ0n) is 14.0. The molecule has 0 radical (unpaired) electrons. The van der Waals surface area contributed by atoms with Crippen molar-refractivity contribution in [1.29, 1.82) is 0 Å². The number of hydrogen-bond acceptors (Lipinski definition) is 3. The van der Waals surface area contributed by atoms with Crippen LogP contribution >= 0.6 is 0 Å². The maximum absolute atomic E-state index is 14.0. The number of benzene rings is 1. The van der Waals surface area contributed by atoms with Gasteiger partial charge in [-0.2, -0.15) is 5.10 Å². The molecule has 0 saturated carbocycles. The Labute approximate surface area is 143 Å². The zero-order chi connectivity index (χ0) is 18.1. The standard InChI is InChI=1S/C18H16F2N4O/c1-10-5-4-6-16(21-10)22-18(25)17-11(2)23-24(12(17)3)15-8-7-13(19)9-14(15)20/h4-9H,1-3H3,(H,21,22,25). The Morgan fingerprint density at radius 3 is 2.56 bits per heavy atom. The molecule has 1 N–H and O–H groups in total. The van der Waals surface area contributed by atoms with E-state index >= 15 is 0 Å². The summed E-state index contributed by atoms with van der Waals surface area (Å²) in [6, 6.07) is 8.50. The van der Waals surface area contributed by atoms with Gasteiger partial charge in [-0.15, -0.1) is 0 Å². The van der Waals surface area contributed by atoms with Gasteiger partial charge in [0, 0.05) is 11.8 Å². The average molecular weight is 342 g/mol. The molecule has 0 aliphatic heterocycles. The smallest absolute Gasteiger partial charge is 0.260 e. The van der Waals surface area contributed by atoms with E-state index in [2.05, 4.69) is 15.4 Å². The SMILES string of the molecule is Cc1cccc(NC(=O)c2c(C)nn(-c3ccc(F)cc3F)c2C)n1. The quantitative estimate of drug-likeness (QED) is 0.789. The molecule has 5 nitrogen and oxygen atoms in total. The Kier molecular flexibility index (Phi) is 4.31. The minimum atomic E-state index is -0.752. The number of pyridine rings is 1. The van der Waals surface area contributed by atoms with Crippen molar-refractivity contribution in [2.45, 2.75) is 20.8 Å². The number of aryl methyl sites for hydroxylation is 2. The molecular weight excluding hydrogens is 326 g/mol. The third kappa shape index (κ3) is 3.26. The summed E-state index contributed by atoms with van der Waals surface area (Å²) < 4.78 is 28.4. The van der Waals surface area contributed by atoms with Gasteiger partial charge < -0.3 is 5.32 Å². The van der Waals surface area contributed by atoms with Crippen molar-refractivity contribution in [2.75, 3.05) is 5.32 Å². The summed E-state index contributed by atoms with van der Waals surface area (Å²) >= 11 is 0. The number of carbonyl (C=O) groups is 1. The van der Waals surface area contributed by atoms with Crippen LogP contribution in [0.25, 0.3) is 5.69 Å². The highest BCUT2D eigenvalue weighted by Crippen LogP contribution is 2.21. The van der Waals surface area contributed by atoms with Gasteiger partial charge in [-0.1, -0.05) is 6.07 Å². The van der Waals surface area contributed by atoms with Gasteiger partial charge in [-0.25, -0.2) is 18.4 Å². The Bertz CT molecular complexity index is 966. The summed E-state index contributed by atoms with van der Waals surface area (Å²) in [5.74, 6) is -1.39. The van der Waals surface area contributed by atoms with E-state index in [1.165, 1.54) is 10.7 Å². The number of amides is 1. The number of anilines is 1. The lowest BCUT2D eigenvalue weighted by molar-refractivity contribution is 0.102. The van der Waals surface area contributed by atoms with Gasteiger partial charge in [0.25, 0.3) is 5.91 Å². The molecule has 0 spiro atoms. The van der Waals surface area contributed by atoms with E-state index in [1.807, 2.05) is 13.0 Å². The Balaban J connectivity index is 1.98. The van der Waals surface area contributed by atoms with Crippen molar-refractivity contribution in [2.24, 2.45) is 0 Å². The summed E-state index contributed by atoms with van der Waals surface area (Å²) in [4.78, 5) is 16.8. The first-order chi connectivity index (χ1) is 11.9. The van der Waals surface area contributed by atoms with Crippen LogP contribution in [-0.2, 0) is 0 Å². The lowest BCUT2D eigenvalue weighted by Crippen LogP contribution is -2.15. The second kappa shape index (κ2) is 6.43. The average Bonchev–Trinajstić information content (AvgIpc) is 2.82. The molecule has 0 aliphatic carbocycles. The van der Waals surface area contributed by atoms with Crippen molar-refractivity contribution < 1.29 is 13.6 Å². The molecule has 0 aliphatic rings. The van der Waals surface area contributed by atoms with Crippen LogP contribution in [0, 0.1) is 32.4 Å². The molecule has 0 atom stereocenters. The predicted octanol–water partition coefficient (Wildman–Crippen LogP) is 3.72. The first-order valence-electron chi connectivity index (χ1n) is 7.63.